The van der Waals surface area contributed by atoms with Gasteiger partial charge in [0, 0.05) is 23.6 Å². The van der Waals surface area contributed by atoms with Crippen molar-refractivity contribution in [2.75, 3.05) is 16.8 Å². The molecule has 0 aliphatic carbocycles. The van der Waals surface area contributed by atoms with Crippen molar-refractivity contribution in [3.8, 4) is 0 Å². The van der Waals surface area contributed by atoms with E-state index in [2.05, 4.69) is 10.4 Å². The molecule has 156 valence electrons. The van der Waals surface area contributed by atoms with E-state index in [0.29, 0.717) is 10.7 Å². The van der Waals surface area contributed by atoms with Gasteiger partial charge >= 0.3 is 5.97 Å². The van der Waals surface area contributed by atoms with Crippen LogP contribution in [0.25, 0.3) is 0 Å². The van der Waals surface area contributed by atoms with E-state index in [0.717, 1.165) is 5.01 Å². The first-order chi connectivity index (χ1) is 13.6. The van der Waals surface area contributed by atoms with Crippen molar-refractivity contribution in [1.29, 1.82) is 0 Å². The number of nitrogens with one attached hydrogen (secondary N) is 1. The van der Waals surface area contributed by atoms with Gasteiger partial charge in [-0.15, -0.1) is 0 Å². The fourth-order valence-corrected chi connectivity index (χ4v) is 4.95. The predicted octanol–water partition coefficient (Wildman–Crippen LogP) is 1.38. The van der Waals surface area contributed by atoms with Crippen molar-refractivity contribution < 1.29 is 27.5 Å². The lowest BCUT2D eigenvalue weighted by Gasteiger charge is -2.27. The fourth-order valence-electron chi connectivity index (χ4n) is 3.06. The number of carbonyl (C=O) groups excluding carboxylic acids is 3. The molecule has 1 fully saturated rings. The van der Waals surface area contributed by atoms with Crippen LogP contribution in [0, 0.1) is 0 Å². The molecule has 1 aromatic rings. The van der Waals surface area contributed by atoms with Crippen LogP contribution in [0.2, 0.25) is 5.02 Å². The van der Waals surface area contributed by atoms with Crippen LogP contribution in [-0.2, 0) is 29.0 Å². The molecule has 2 amide bonds. The van der Waals surface area contributed by atoms with Crippen molar-refractivity contribution in [3.63, 3.8) is 0 Å². The number of nitrogens with zero attached hydrogens (tertiary/aromatic N) is 2. The average molecular weight is 442 g/mol. The number of benzene rings is 1. The number of hydrogen-bond donors (Lipinski definition) is 1. The van der Waals surface area contributed by atoms with Gasteiger partial charge in [0.25, 0.3) is 5.91 Å². The van der Waals surface area contributed by atoms with Crippen LogP contribution in [-0.4, -0.2) is 60.6 Å². The molecule has 2 aliphatic rings. The first kappa shape index (κ1) is 21.3. The molecule has 2 heterocycles. The molecule has 2 atom stereocenters. The molecule has 1 saturated heterocycles. The van der Waals surface area contributed by atoms with Crippen molar-refractivity contribution in [3.05, 3.63) is 29.3 Å². The topological polar surface area (TPSA) is 122 Å². The molecule has 1 N–H and O–H groups in total. The number of hydrazone groups is 1. The monoisotopic (exact) mass is 441 g/mol. The number of halogens is 1. The van der Waals surface area contributed by atoms with E-state index >= 15 is 0 Å². The Labute approximate surface area is 173 Å². The minimum absolute atomic E-state index is 0.0164. The lowest BCUT2D eigenvalue weighted by Crippen LogP contribution is -2.42. The van der Waals surface area contributed by atoms with Crippen molar-refractivity contribution >= 4 is 50.6 Å². The first-order valence-electron chi connectivity index (χ1n) is 9.02. The Hall–Kier alpha value is -2.46. The van der Waals surface area contributed by atoms with Gasteiger partial charge in [0.1, 0.15) is 5.71 Å². The summed E-state index contributed by atoms with van der Waals surface area (Å²) < 4.78 is 28.5. The summed E-state index contributed by atoms with van der Waals surface area (Å²) in [5, 5.41) is 8.14. The van der Waals surface area contributed by atoms with Crippen LogP contribution < -0.4 is 5.32 Å². The van der Waals surface area contributed by atoms with Gasteiger partial charge in [-0.25, -0.2) is 18.2 Å². The predicted molar refractivity (Wildman–Crippen MR) is 106 cm³/mol. The maximum Gasteiger partial charge on any atom is 0.355 e. The molecule has 11 heteroatoms. The average Bonchev–Trinajstić information content (AvgIpc) is 3.01. The van der Waals surface area contributed by atoms with Gasteiger partial charge in [0.05, 0.1) is 17.5 Å². The smallest absolute Gasteiger partial charge is 0.355 e. The highest BCUT2D eigenvalue weighted by molar-refractivity contribution is 7.91. The number of ether oxygens (including phenoxy) is 1. The summed E-state index contributed by atoms with van der Waals surface area (Å²) in [6.07, 6.45) is -0.746. The van der Waals surface area contributed by atoms with E-state index in [1.54, 1.807) is 24.3 Å². The van der Waals surface area contributed by atoms with Crippen molar-refractivity contribution in [1.82, 2.24) is 5.01 Å². The molecule has 0 bridgehead atoms. The van der Waals surface area contributed by atoms with Crippen LogP contribution in [0.4, 0.5) is 5.69 Å². The third-order valence-electron chi connectivity index (χ3n) is 4.59. The van der Waals surface area contributed by atoms with E-state index in [9.17, 15) is 22.8 Å². The Bertz CT molecular complexity index is 978. The van der Waals surface area contributed by atoms with E-state index in [4.69, 9.17) is 16.3 Å². The molecular weight excluding hydrogens is 422 g/mol. The van der Waals surface area contributed by atoms with Crippen LogP contribution >= 0.6 is 11.6 Å². The van der Waals surface area contributed by atoms with E-state index < -0.39 is 33.9 Å². The highest BCUT2D eigenvalue weighted by Gasteiger charge is 2.37. The van der Waals surface area contributed by atoms with Gasteiger partial charge in [-0.2, -0.15) is 5.10 Å². The molecule has 0 radical (unpaired) electrons. The minimum Gasteiger partial charge on any atom is -0.448 e. The lowest BCUT2D eigenvalue weighted by atomic mass is 10.1. The number of amides is 2. The van der Waals surface area contributed by atoms with Crippen LogP contribution in [0.15, 0.2) is 29.4 Å². The van der Waals surface area contributed by atoms with Crippen molar-refractivity contribution in [2.24, 2.45) is 5.10 Å². The number of sulfone groups is 1. The van der Waals surface area contributed by atoms with Gasteiger partial charge in [0.2, 0.25) is 5.91 Å². The Balaban J connectivity index is 1.63. The summed E-state index contributed by atoms with van der Waals surface area (Å²) in [6, 6.07) is 5.94. The quantitative estimate of drug-likeness (QED) is 0.688. The summed E-state index contributed by atoms with van der Waals surface area (Å²) in [5.41, 5.74) is 0.441. The molecule has 0 aromatic heterocycles. The summed E-state index contributed by atoms with van der Waals surface area (Å²) in [4.78, 5) is 36.8. The number of rotatable bonds is 5. The van der Waals surface area contributed by atoms with Crippen LogP contribution in [0.5, 0.6) is 0 Å². The minimum atomic E-state index is -3.21. The Morgan fingerprint density at radius 1 is 1.34 bits per heavy atom. The largest absolute Gasteiger partial charge is 0.448 e. The Kier molecular flexibility index (Phi) is 6.23. The van der Waals surface area contributed by atoms with Crippen molar-refractivity contribution in [2.45, 2.75) is 38.3 Å². The SMILES string of the molecule is C[C@H](OC(=O)C1=NN([C@H]2CCS(=O)(=O)C2)C(=O)CC1)C(=O)Nc1cccc(Cl)c1. The summed E-state index contributed by atoms with van der Waals surface area (Å²) >= 11 is 5.87. The van der Waals surface area contributed by atoms with Crippen LogP contribution in [0.3, 0.4) is 0 Å². The molecule has 1 aromatic carbocycles. The summed E-state index contributed by atoms with van der Waals surface area (Å²) in [5.74, 6) is -1.90. The maximum absolute atomic E-state index is 12.4. The lowest BCUT2D eigenvalue weighted by molar-refractivity contribution is -0.147. The Morgan fingerprint density at radius 2 is 2.10 bits per heavy atom. The van der Waals surface area contributed by atoms with E-state index in [1.165, 1.54) is 6.92 Å². The maximum atomic E-state index is 12.4. The second-order valence-corrected chi connectivity index (χ2v) is 9.55. The fraction of sp³-hybridized carbons (Fsp3) is 0.444. The molecule has 9 nitrogen and oxygen atoms in total. The second-order valence-electron chi connectivity index (χ2n) is 6.89. The van der Waals surface area contributed by atoms with Gasteiger partial charge in [-0.05, 0) is 31.5 Å². The van der Waals surface area contributed by atoms with Gasteiger partial charge in [-0.1, -0.05) is 17.7 Å². The zero-order chi connectivity index (χ0) is 21.2. The van der Waals surface area contributed by atoms with Gasteiger partial charge in [0.15, 0.2) is 15.9 Å². The molecular formula is C18H20ClN3O6S. The molecule has 2 aliphatic heterocycles. The zero-order valence-corrected chi connectivity index (χ0v) is 17.2. The Morgan fingerprint density at radius 3 is 2.76 bits per heavy atom. The molecule has 0 saturated carbocycles. The van der Waals surface area contributed by atoms with Gasteiger partial charge in [-0.3, -0.25) is 9.59 Å². The molecule has 0 spiro atoms. The van der Waals surface area contributed by atoms with Gasteiger partial charge < -0.3 is 10.1 Å². The number of hydrogen-bond acceptors (Lipinski definition) is 7. The number of esters is 1. The third-order valence-corrected chi connectivity index (χ3v) is 6.58. The first-order valence-corrected chi connectivity index (χ1v) is 11.2. The molecule has 3 rings (SSSR count). The van der Waals surface area contributed by atoms with E-state index in [1.807, 2.05) is 0 Å². The highest BCUT2D eigenvalue weighted by atomic mass is 35.5. The second kappa shape index (κ2) is 8.50. The highest BCUT2D eigenvalue weighted by Crippen LogP contribution is 2.22. The standard InChI is InChI=1S/C18H20ClN3O6S/c1-11(17(24)20-13-4-2-3-12(19)9-13)28-18(25)15-5-6-16(23)22(21-15)14-7-8-29(26,27)10-14/h2-4,9,11,14H,5-8,10H2,1H3,(H,20,24)/t11-,14-/m0/s1. The molecule has 0 unspecified atom stereocenters. The number of anilines is 1. The third kappa shape index (κ3) is 5.33. The van der Waals surface area contributed by atoms with Crippen LogP contribution in [0.1, 0.15) is 26.2 Å². The molecule has 29 heavy (non-hydrogen) atoms. The normalized spacial score (nSPS) is 22.0. The van der Waals surface area contributed by atoms with E-state index in [-0.39, 0.29) is 42.4 Å². The summed E-state index contributed by atoms with van der Waals surface area (Å²) in [7, 11) is -3.21. The number of carbonyl (C=O) groups is 3. The summed E-state index contributed by atoms with van der Waals surface area (Å²) in [6.45, 7) is 1.41. The zero-order valence-electron chi connectivity index (χ0n) is 15.6.